The topological polar surface area (TPSA) is 273 Å². The molecule has 0 heterocycles. The summed E-state index contributed by atoms with van der Waals surface area (Å²) in [5.41, 5.74) is 12.3. The van der Waals surface area contributed by atoms with E-state index in [0.29, 0.717) is 16.8 Å². The molecule has 1 amide bonds. The molecule has 15 nitrogen and oxygen atoms in total. The number of phenols is 3. The molecule has 0 aliphatic heterocycles. The average Bonchev–Trinajstić information content (AvgIpc) is 2.93. The monoisotopic (exact) mass is 633 g/mol. The fourth-order valence-corrected chi connectivity index (χ4v) is 7.29. The van der Waals surface area contributed by atoms with Crippen LogP contribution in [0.5, 0.6) is 17.2 Å². The smallest absolute Gasteiger partial charge is 0.255 e. The zero-order valence-electron chi connectivity index (χ0n) is 25.5. The summed E-state index contributed by atoms with van der Waals surface area (Å²) in [6.07, 6.45) is -0.677. The molecule has 0 aromatic heterocycles. The molecule has 46 heavy (non-hydrogen) atoms. The van der Waals surface area contributed by atoms with Gasteiger partial charge in [-0.15, -0.1) is 0 Å². The van der Waals surface area contributed by atoms with Gasteiger partial charge in [0.05, 0.1) is 40.0 Å². The minimum atomic E-state index is -2.76. The second kappa shape index (κ2) is 10.4. The molecule has 2 aromatic carbocycles. The Labute approximate surface area is 263 Å². The third-order valence-corrected chi connectivity index (χ3v) is 9.23. The quantitative estimate of drug-likeness (QED) is 0.150. The highest BCUT2D eigenvalue weighted by Gasteiger charge is 2.74. The van der Waals surface area contributed by atoms with Gasteiger partial charge in [0, 0.05) is 26.3 Å². The number of hydrogen-bond donors (Lipinski definition) is 9. The molecule has 0 unspecified atom stereocenters. The summed E-state index contributed by atoms with van der Waals surface area (Å²) in [6.45, 7) is 0.0614. The van der Waals surface area contributed by atoms with Crippen LogP contribution in [0.1, 0.15) is 23.1 Å². The van der Waals surface area contributed by atoms with Crippen LogP contribution in [0.25, 0.3) is 5.76 Å². The van der Waals surface area contributed by atoms with E-state index in [9.17, 15) is 45.2 Å². The third-order valence-electron chi connectivity index (χ3n) is 9.23. The number of aliphatic hydroxyl groups excluding tert-OH is 2. The summed E-state index contributed by atoms with van der Waals surface area (Å²) in [5, 5.41) is 67.8. The van der Waals surface area contributed by atoms with Crippen LogP contribution in [0.3, 0.4) is 0 Å². The van der Waals surface area contributed by atoms with E-state index in [1.165, 1.54) is 31.1 Å². The molecule has 1 saturated carbocycles. The van der Waals surface area contributed by atoms with Crippen molar-refractivity contribution >= 4 is 34.6 Å². The van der Waals surface area contributed by atoms with Gasteiger partial charge in [-0.2, -0.15) is 5.26 Å². The number of phenolic OH excluding ortho intramolecular Hbond substituents is 3. The Hall–Kier alpha value is -5.30. The molecular formula is C31H35N7O8. The van der Waals surface area contributed by atoms with Crippen molar-refractivity contribution in [3.63, 3.8) is 0 Å². The predicted octanol–water partition coefficient (Wildman–Crippen LogP) is -0.00522. The first-order valence-electron chi connectivity index (χ1n) is 14.1. The van der Waals surface area contributed by atoms with E-state index in [2.05, 4.69) is 5.32 Å². The number of hydrogen-bond acceptors (Lipinski definition) is 14. The number of carbonyl (C=O) groups excluding carboxylic acids is 3. The van der Waals surface area contributed by atoms with Gasteiger partial charge in [-0.05, 0) is 56.3 Å². The fraction of sp³-hybridized carbons (Fsp3) is 0.355. The minimum absolute atomic E-state index is 0.0614. The number of fused-ring (bicyclic) bond motifs is 3. The number of carbonyl (C=O) groups is 3. The van der Waals surface area contributed by atoms with Crippen LogP contribution in [0, 0.1) is 16.7 Å². The molecule has 4 atom stereocenters. The Bertz CT molecular complexity index is 1840. The standard InChI is InChI=1S/C31H35N7O8/c1-37(2)16-8-15(36-10-13-5-6-17(39)18(40)7-13)22(41)19-14(16)9-29(34)11-31(35)25(38(3)4)24(43)20(28(33)46)26(44)30(31,12-32)27(45)21(29)23(19)42/h5-8,25,36,39-42,44H,9-11,34-35H2,1-4H3,(H2,33,46)/t25-,29-,30+,31-/m1/s1. The molecule has 15 heteroatoms. The van der Waals surface area contributed by atoms with Crippen molar-refractivity contribution in [1.29, 1.82) is 5.26 Å². The number of primary amides is 1. The van der Waals surface area contributed by atoms with Gasteiger partial charge in [-0.1, -0.05) is 6.07 Å². The Morgan fingerprint density at radius 3 is 2.26 bits per heavy atom. The summed E-state index contributed by atoms with van der Waals surface area (Å²) in [4.78, 5) is 43.5. The van der Waals surface area contributed by atoms with E-state index < -0.39 is 74.8 Å². The molecule has 0 saturated heterocycles. The molecule has 12 N–H and O–H groups in total. The van der Waals surface area contributed by atoms with Crippen molar-refractivity contribution in [2.24, 2.45) is 22.6 Å². The maximum Gasteiger partial charge on any atom is 0.255 e. The number of amides is 1. The van der Waals surface area contributed by atoms with E-state index in [0.717, 1.165) is 0 Å². The highest BCUT2D eigenvalue weighted by molar-refractivity contribution is 6.25. The number of nitriles is 1. The van der Waals surface area contributed by atoms with Crippen molar-refractivity contribution in [2.45, 2.75) is 36.5 Å². The van der Waals surface area contributed by atoms with Crippen LogP contribution in [0.15, 0.2) is 41.2 Å². The second-order valence-corrected chi connectivity index (χ2v) is 12.5. The lowest BCUT2D eigenvalue weighted by atomic mass is 9.47. The number of nitrogens with two attached hydrogens (primary N) is 3. The number of rotatable bonds is 6. The van der Waals surface area contributed by atoms with Gasteiger partial charge >= 0.3 is 0 Å². The summed E-state index contributed by atoms with van der Waals surface area (Å²) in [5.74, 6) is -6.73. The fourth-order valence-electron chi connectivity index (χ4n) is 7.29. The molecule has 3 aliphatic rings. The zero-order chi connectivity index (χ0) is 34.3. The lowest BCUT2D eigenvalue weighted by Gasteiger charge is -2.58. The van der Waals surface area contributed by atoms with Crippen molar-refractivity contribution in [2.75, 3.05) is 38.4 Å². The number of anilines is 2. The number of ketones is 2. The number of aliphatic hydroxyl groups is 2. The van der Waals surface area contributed by atoms with E-state index in [4.69, 9.17) is 17.2 Å². The summed E-state index contributed by atoms with van der Waals surface area (Å²) < 4.78 is 0. The molecule has 0 radical (unpaired) electrons. The normalized spacial score (nSPS) is 27.1. The highest BCUT2D eigenvalue weighted by Crippen LogP contribution is 2.59. The van der Waals surface area contributed by atoms with Crippen LogP contribution < -0.4 is 27.4 Å². The summed E-state index contributed by atoms with van der Waals surface area (Å²) in [7, 11) is 6.31. The van der Waals surface area contributed by atoms with Crippen LogP contribution in [0.2, 0.25) is 0 Å². The van der Waals surface area contributed by atoms with Gasteiger partial charge in [0.15, 0.2) is 28.5 Å². The average molecular weight is 634 g/mol. The minimum Gasteiger partial charge on any atom is -0.509 e. The number of benzene rings is 2. The molecule has 0 bridgehead atoms. The molecule has 0 spiro atoms. The predicted molar refractivity (Wildman–Crippen MR) is 166 cm³/mol. The molecule has 2 aromatic rings. The van der Waals surface area contributed by atoms with Crippen molar-refractivity contribution in [3.8, 4) is 23.3 Å². The van der Waals surface area contributed by atoms with Crippen LogP contribution in [-0.4, -0.2) is 93.2 Å². The summed E-state index contributed by atoms with van der Waals surface area (Å²) >= 11 is 0. The number of aromatic hydroxyl groups is 3. The van der Waals surface area contributed by atoms with Crippen molar-refractivity contribution in [3.05, 3.63) is 57.9 Å². The first-order valence-corrected chi connectivity index (χ1v) is 14.1. The van der Waals surface area contributed by atoms with E-state index in [1.54, 1.807) is 37.2 Å². The first kappa shape index (κ1) is 32.1. The maximum atomic E-state index is 14.6. The Balaban J connectivity index is 1.76. The summed E-state index contributed by atoms with van der Waals surface area (Å²) in [6, 6.07) is 6.01. The Kier molecular flexibility index (Phi) is 7.24. The van der Waals surface area contributed by atoms with Crippen molar-refractivity contribution in [1.82, 2.24) is 4.90 Å². The number of nitrogens with zero attached hydrogens (tertiary/aromatic N) is 3. The zero-order valence-corrected chi connectivity index (χ0v) is 25.5. The second-order valence-electron chi connectivity index (χ2n) is 12.5. The van der Waals surface area contributed by atoms with Gasteiger partial charge < -0.3 is 53.0 Å². The molecule has 242 valence electrons. The number of Topliss-reactive ketones (excluding diaryl/α,β-unsaturated/α-hetero) is 2. The third kappa shape index (κ3) is 4.11. The van der Waals surface area contributed by atoms with E-state index in [-0.39, 0.29) is 35.7 Å². The van der Waals surface area contributed by atoms with Gasteiger partial charge in [0.1, 0.15) is 22.8 Å². The first-order chi connectivity index (χ1) is 21.4. The van der Waals surface area contributed by atoms with Crippen LogP contribution in [0.4, 0.5) is 11.4 Å². The Morgan fingerprint density at radius 2 is 1.72 bits per heavy atom. The van der Waals surface area contributed by atoms with Crippen molar-refractivity contribution < 1.29 is 39.9 Å². The van der Waals surface area contributed by atoms with Crippen LogP contribution >= 0.6 is 0 Å². The van der Waals surface area contributed by atoms with E-state index in [1.807, 2.05) is 0 Å². The van der Waals surface area contributed by atoms with Gasteiger partial charge in [-0.3, -0.25) is 19.3 Å². The van der Waals surface area contributed by atoms with Gasteiger partial charge in [0.2, 0.25) is 0 Å². The Morgan fingerprint density at radius 1 is 1.07 bits per heavy atom. The molecule has 1 fully saturated rings. The lowest BCUT2D eigenvalue weighted by Crippen LogP contribution is -2.80. The highest BCUT2D eigenvalue weighted by atomic mass is 16.3. The molecule has 5 rings (SSSR count). The molecule has 3 aliphatic carbocycles. The van der Waals surface area contributed by atoms with Crippen LogP contribution in [-0.2, 0) is 27.3 Å². The SMILES string of the molecule is CN(C)c1cc(NCc2ccc(O)c(O)c2)c(O)c2c1C[C@@]1(N)C[C@@]3(N)[C@H](N(C)C)C(=O)C(C(N)=O)=C(O)[C@@]3(C#N)C(=O)C1=C2O. The largest absolute Gasteiger partial charge is 0.509 e. The maximum absolute atomic E-state index is 14.6. The van der Waals surface area contributed by atoms with Gasteiger partial charge in [-0.25, -0.2) is 0 Å². The van der Waals surface area contributed by atoms with E-state index >= 15 is 0 Å². The molecular weight excluding hydrogens is 598 g/mol. The van der Waals surface area contributed by atoms with Gasteiger partial charge in [0.25, 0.3) is 5.91 Å². The number of nitrogens with one attached hydrogen (secondary N) is 1. The lowest BCUT2D eigenvalue weighted by molar-refractivity contribution is -0.139. The number of likely N-dealkylation sites (N-methyl/N-ethyl adjacent to an activating group) is 1.